The van der Waals surface area contributed by atoms with E-state index >= 15 is 0 Å². The van der Waals surface area contributed by atoms with Gasteiger partial charge in [-0.05, 0) is 30.2 Å². The summed E-state index contributed by atoms with van der Waals surface area (Å²) in [6, 6.07) is 5.81. The summed E-state index contributed by atoms with van der Waals surface area (Å²) in [6.45, 7) is 2.02. The van der Waals surface area contributed by atoms with Gasteiger partial charge in [0, 0.05) is 31.1 Å². The van der Waals surface area contributed by atoms with Crippen LogP contribution in [0.1, 0.15) is 29.4 Å². The minimum atomic E-state index is -4.39. The number of hydrogen-bond acceptors (Lipinski definition) is 3. The van der Waals surface area contributed by atoms with Gasteiger partial charge in [-0.25, -0.2) is 4.98 Å². The lowest BCUT2D eigenvalue weighted by Gasteiger charge is -2.11. The van der Waals surface area contributed by atoms with Gasteiger partial charge in [0.2, 0.25) is 0 Å². The summed E-state index contributed by atoms with van der Waals surface area (Å²) in [5.41, 5.74) is 1.42. The summed E-state index contributed by atoms with van der Waals surface area (Å²) in [5.74, 6) is 0.199. The van der Waals surface area contributed by atoms with Crippen LogP contribution in [0.5, 0.6) is 0 Å². The van der Waals surface area contributed by atoms with Crippen LogP contribution in [0.15, 0.2) is 30.5 Å². The van der Waals surface area contributed by atoms with Crippen molar-refractivity contribution in [2.24, 2.45) is 0 Å². The van der Waals surface area contributed by atoms with Gasteiger partial charge >= 0.3 is 6.18 Å². The lowest BCUT2D eigenvalue weighted by Crippen LogP contribution is -2.09. The zero-order valence-corrected chi connectivity index (χ0v) is 11.8. The first-order valence-corrected chi connectivity index (χ1v) is 6.62. The quantitative estimate of drug-likeness (QED) is 0.934. The van der Waals surface area contributed by atoms with Crippen LogP contribution < -0.4 is 5.32 Å². The molecule has 2 rings (SSSR count). The van der Waals surface area contributed by atoms with Gasteiger partial charge in [0.25, 0.3) is 0 Å². The lowest BCUT2D eigenvalue weighted by molar-refractivity contribution is -0.137. The van der Waals surface area contributed by atoms with Gasteiger partial charge in [-0.2, -0.15) is 13.2 Å². The fourth-order valence-corrected chi connectivity index (χ4v) is 1.92. The van der Waals surface area contributed by atoms with Crippen molar-refractivity contribution in [1.82, 2.24) is 9.97 Å². The molecule has 0 aliphatic heterocycles. The molecule has 112 valence electrons. The van der Waals surface area contributed by atoms with Gasteiger partial charge in [-0.3, -0.25) is 4.98 Å². The number of rotatable bonds is 4. The Morgan fingerprint density at radius 1 is 1.14 bits per heavy atom. The van der Waals surface area contributed by atoms with Gasteiger partial charge in [-0.1, -0.05) is 13.0 Å². The van der Waals surface area contributed by atoms with E-state index < -0.39 is 11.7 Å². The number of aromatic nitrogens is 2. The summed E-state index contributed by atoms with van der Waals surface area (Å²) < 4.78 is 38.6. The largest absolute Gasteiger partial charge is 0.416 e. The summed E-state index contributed by atoms with van der Waals surface area (Å²) in [5, 5.41) is 2.65. The topological polar surface area (TPSA) is 37.8 Å². The molecule has 6 heteroatoms. The Morgan fingerprint density at radius 3 is 2.43 bits per heavy atom. The highest BCUT2D eigenvalue weighted by atomic mass is 19.4. The van der Waals surface area contributed by atoms with E-state index in [0.29, 0.717) is 11.4 Å². The predicted octanol–water partition coefficient (Wildman–Crippen LogP) is 3.69. The average molecular weight is 295 g/mol. The summed E-state index contributed by atoms with van der Waals surface area (Å²) in [4.78, 5) is 8.40. The molecule has 1 N–H and O–H groups in total. The second kappa shape index (κ2) is 6.11. The maximum atomic E-state index is 12.9. The van der Waals surface area contributed by atoms with Gasteiger partial charge in [-0.15, -0.1) is 0 Å². The average Bonchev–Trinajstić information content (AvgIpc) is 2.46. The fraction of sp³-hybridized carbons (Fsp3) is 0.333. The first-order chi connectivity index (χ1) is 9.92. The van der Waals surface area contributed by atoms with E-state index in [1.807, 2.05) is 19.1 Å². The molecule has 0 atom stereocenters. The highest BCUT2D eigenvalue weighted by Gasteiger charge is 2.31. The van der Waals surface area contributed by atoms with Crippen molar-refractivity contribution in [3.05, 3.63) is 53.0 Å². The Hall–Kier alpha value is -2.11. The van der Waals surface area contributed by atoms with Gasteiger partial charge in [0.05, 0.1) is 5.56 Å². The normalized spacial score (nSPS) is 11.5. The Labute approximate surface area is 121 Å². The third-order valence-corrected chi connectivity index (χ3v) is 3.12. The molecule has 0 radical (unpaired) electrons. The summed E-state index contributed by atoms with van der Waals surface area (Å²) >= 11 is 0. The second-order valence-corrected chi connectivity index (χ2v) is 4.67. The molecule has 2 heterocycles. The number of nitrogens with one attached hydrogen (secondary N) is 1. The smallest absolute Gasteiger partial charge is 0.373 e. The number of alkyl halides is 3. The fourth-order valence-electron chi connectivity index (χ4n) is 1.92. The molecule has 0 aliphatic carbocycles. The molecule has 0 fully saturated rings. The van der Waals surface area contributed by atoms with Crippen LogP contribution in [0, 0.1) is 0 Å². The summed E-state index contributed by atoms with van der Waals surface area (Å²) in [7, 11) is 1.54. The van der Waals surface area contributed by atoms with Crippen molar-refractivity contribution in [1.29, 1.82) is 0 Å². The van der Waals surface area contributed by atoms with Gasteiger partial charge in [0.15, 0.2) is 0 Å². The molecule has 0 aliphatic rings. The Morgan fingerprint density at radius 2 is 1.90 bits per heavy atom. The maximum absolute atomic E-state index is 12.9. The van der Waals surface area contributed by atoms with E-state index in [2.05, 4.69) is 15.3 Å². The molecule has 2 aromatic heterocycles. The zero-order valence-electron chi connectivity index (χ0n) is 11.8. The molecule has 0 saturated heterocycles. The SMILES string of the molecule is CCc1ccc(Cc2cc(C(F)(F)F)cc(NC)n2)nc1. The van der Waals surface area contributed by atoms with Crippen LogP contribution in [-0.4, -0.2) is 17.0 Å². The van der Waals surface area contributed by atoms with E-state index in [1.54, 1.807) is 13.2 Å². The molecule has 3 nitrogen and oxygen atoms in total. The van der Waals surface area contributed by atoms with Gasteiger partial charge in [0.1, 0.15) is 5.82 Å². The van der Waals surface area contributed by atoms with Crippen molar-refractivity contribution in [2.45, 2.75) is 25.9 Å². The Kier molecular flexibility index (Phi) is 4.45. The van der Waals surface area contributed by atoms with Crippen molar-refractivity contribution in [3.8, 4) is 0 Å². The van der Waals surface area contributed by atoms with E-state index in [4.69, 9.17) is 0 Å². The standard InChI is InChI=1S/C15H16F3N3/c1-3-10-4-5-12(20-9-10)8-13-6-11(15(16,17)18)7-14(19-2)21-13/h4-7,9H,3,8H2,1-2H3,(H,19,21). The molecule has 0 spiro atoms. The number of halogens is 3. The van der Waals surface area contributed by atoms with Crippen molar-refractivity contribution >= 4 is 5.82 Å². The van der Waals surface area contributed by atoms with E-state index in [-0.39, 0.29) is 12.2 Å². The molecular weight excluding hydrogens is 279 g/mol. The number of anilines is 1. The van der Waals surface area contributed by atoms with E-state index in [1.165, 1.54) is 0 Å². The van der Waals surface area contributed by atoms with Crippen molar-refractivity contribution in [3.63, 3.8) is 0 Å². The van der Waals surface area contributed by atoms with Crippen molar-refractivity contribution in [2.75, 3.05) is 12.4 Å². The van der Waals surface area contributed by atoms with Gasteiger partial charge < -0.3 is 5.32 Å². The first kappa shape index (κ1) is 15.3. The third kappa shape index (κ3) is 3.93. The molecule has 2 aromatic rings. The van der Waals surface area contributed by atoms with Crippen molar-refractivity contribution < 1.29 is 13.2 Å². The van der Waals surface area contributed by atoms with Crippen LogP contribution >= 0.6 is 0 Å². The van der Waals surface area contributed by atoms with Crippen LogP contribution in [0.2, 0.25) is 0 Å². The first-order valence-electron chi connectivity index (χ1n) is 6.62. The molecule has 0 saturated carbocycles. The minimum Gasteiger partial charge on any atom is -0.373 e. The molecule has 21 heavy (non-hydrogen) atoms. The van der Waals surface area contributed by atoms with Crippen LogP contribution in [0.25, 0.3) is 0 Å². The number of nitrogens with zero attached hydrogens (tertiary/aromatic N) is 2. The number of pyridine rings is 2. The van der Waals surface area contributed by atoms with Crippen LogP contribution in [-0.2, 0) is 19.0 Å². The third-order valence-electron chi connectivity index (χ3n) is 3.12. The van der Waals surface area contributed by atoms with E-state index in [9.17, 15) is 13.2 Å². The lowest BCUT2D eigenvalue weighted by atomic mass is 10.1. The summed E-state index contributed by atoms with van der Waals surface area (Å²) in [6.07, 6.45) is -1.51. The monoisotopic (exact) mass is 295 g/mol. The molecule has 0 amide bonds. The highest BCUT2D eigenvalue weighted by molar-refractivity contribution is 5.41. The molecule has 0 aromatic carbocycles. The Balaban J connectivity index is 2.29. The maximum Gasteiger partial charge on any atom is 0.416 e. The molecule has 0 bridgehead atoms. The number of aryl methyl sites for hydroxylation is 1. The number of hydrogen-bond donors (Lipinski definition) is 1. The second-order valence-electron chi connectivity index (χ2n) is 4.67. The predicted molar refractivity (Wildman–Crippen MR) is 75.2 cm³/mol. The van der Waals surface area contributed by atoms with E-state index in [0.717, 1.165) is 24.1 Å². The van der Waals surface area contributed by atoms with Crippen LogP contribution in [0.4, 0.5) is 19.0 Å². The zero-order chi connectivity index (χ0) is 15.5. The molecular formula is C15H16F3N3. The minimum absolute atomic E-state index is 0.199. The Bertz CT molecular complexity index is 607. The van der Waals surface area contributed by atoms with Crippen LogP contribution in [0.3, 0.4) is 0 Å². The molecule has 0 unspecified atom stereocenters. The highest BCUT2D eigenvalue weighted by Crippen LogP contribution is 2.31.